The molecule has 0 radical (unpaired) electrons. The molecule has 0 fully saturated rings. The van der Waals surface area contributed by atoms with E-state index in [-0.39, 0.29) is 0 Å². The second-order valence-electron chi connectivity index (χ2n) is 4.98. The van der Waals surface area contributed by atoms with Crippen LogP contribution in [0.15, 0.2) is 41.6 Å². The van der Waals surface area contributed by atoms with E-state index in [0.717, 1.165) is 24.5 Å². The molecule has 0 aliphatic rings. The van der Waals surface area contributed by atoms with Crippen molar-refractivity contribution in [3.8, 4) is 0 Å². The summed E-state index contributed by atoms with van der Waals surface area (Å²) in [6.07, 6.45) is 5.01. The summed E-state index contributed by atoms with van der Waals surface area (Å²) in [5, 5.41) is 3.60. The fourth-order valence-electron chi connectivity index (χ4n) is 2.15. The van der Waals surface area contributed by atoms with Gasteiger partial charge in [-0.2, -0.15) is 0 Å². The van der Waals surface area contributed by atoms with Crippen LogP contribution in [0, 0.1) is 6.92 Å². The molecule has 0 aliphatic heterocycles. The van der Waals surface area contributed by atoms with Gasteiger partial charge in [-0.1, -0.05) is 25.1 Å². The number of imidazole rings is 1. The molecule has 0 saturated heterocycles. The summed E-state index contributed by atoms with van der Waals surface area (Å²) in [5.74, 6) is 2.11. The quantitative estimate of drug-likeness (QED) is 0.790. The minimum Gasteiger partial charge on any atom is -0.337 e. The third-order valence-electron chi connectivity index (χ3n) is 3.31. The van der Waals surface area contributed by atoms with E-state index in [0.29, 0.717) is 6.04 Å². The maximum atomic E-state index is 4.49. The van der Waals surface area contributed by atoms with Crippen molar-refractivity contribution in [1.29, 1.82) is 0 Å². The van der Waals surface area contributed by atoms with Crippen molar-refractivity contribution in [3.05, 3.63) is 48.0 Å². The second-order valence-corrected chi connectivity index (χ2v) is 6.04. The minimum atomic E-state index is 0.291. The first-order valence-corrected chi connectivity index (χ1v) is 8.10. The maximum absolute atomic E-state index is 4.49. The van der Waals surface area contributed by atoms with Crippen LogP contribution in [0.2, 0.25) is 0 Å². The fraction of sp³-hybridized carbons (Fsp3) is 0.438. The molecule has 3 nitrogen and oxygen atoms in total. The molecule has 1 heterocycles. The third-order valence-corrected chi connectivity index (χ3v) is 4.58. The van der Waals surface area contributed by atoms with Crippen LogP contribution in [0.4, 0.5) is 0 Å². The summed E-state index contributed by atoms with van der Waals surface area (Å²) >= 11 is 1.90. The van der Waals surface area contributed by atoms with Gasteiger partial charge in [0, 0.05) is 30.1 Å². The van der Waals surface area contributed by atoms with E-state index in [1.54, 1.807) is 0 Å². The third kappa shape index (κ3) is 3.87. The SMILES string of the molecule is CCCNC(CSc1ccccc1C)c1nccn1C. The van der Waals surface area contributed by atoms with Crippen molar-refractivity contribution < 1.29 is 0 Å². The smallest absolute Gasteiger partial charge is 0.126 e. The van der Waals surface area contributed by atoms with E-state index in [1.807, 2.05) is 24.2 Å². The van der Waals surface area contributed by atoms with Crippen LogP contribution in [-0.2, 0) is 7.05 Å². The van der Waals surface area contributed by atoms with Crippen LogP contribution < -0.4 is 5.32 Å². The van der Waals surface area contributed by atoms with Crippen LogP contribution in [-0.4, -0.2) is 21.8 Å². The molecule has 4 heteroatoms. The second kappa shape index (κ2) is 7.50. The maximum Gasteiger partial charge on any atom is 0.126 e. The molecule has 1 unspecified atom stereocenters. The Balaban J connectivity index is 2.05. The van der Waals surface area contributed by atoms with Crippen molar-refractivity contribution in [2.45, 2.75) is 31.2 Å². The first kappa shape index (κ1) is 15.1. The van der Waals surface area contributed by atoms with Gasteiger partial charge in [-0.05, 0) is 31.5 Å². The van der Waals surface area contributed by atoms with Gasteiger partial charge in [0.1, 0.15) is 5.82 Å². The Kier molecular flexibility index (Phi) is 5.68. The molecule has 0 saturated carbocycles. The molecule has 0 spiro atoms. The zero-order chi connectivity index (χ0) is 14.4. The highest BCUT2D eigenvalue weighted by molar-refractivity contribution is 7.99. The lowest BCUT2D eigenvalue weighted by molar-refractivity contribution is 0.535. The fourth-order valence-corrected chi connectivity index (χ4v) is 3.23. The molecule has 2 rings (SSSR count). The number of nitrogens with zero attached hydrogens (tertiary/aromatic N) is 2. The van der Waals surface area contributed by atoms with Crippen LogP contribution in [0.1, 0.15) is 30.8 Å². The number of hydrogen-bond donors (Lipinski definition) is 1. The molecule has 1 N–H and O–H groups in total. The van der Waals surface area contributed by atoms with Crippen molar-refractivity contribution in [2.24, 2.45) is 7.05 Å². The predicted molar refractivity (Wildman–Crippen MR) is 86.1 cm³/mol. The molecule has 0 amide bonds. The normalized spacial score (nSPS) is 12.6. The Morgan fingerprint density at radius 1 is 1.35 bits per heavy atom. The summed E-state index contributed by atoms with van der Waals surface area (Å²) in [6.45, 7) is 5.38. The lowest BCUT2D eigenvalue weighted by atomic mass is 10.2. The largest absolute Gasteiger partial charge is 0.337 e. The summed E-state index contributed by atoms with van der Waals surface area (Å²) < 4.78 is 2.10. The van der Waals surface area contributed by atoms with Crippen LogP contribution in [0.5, 0.6) is 0 Å². The van der Waals surface area contributed by atoms with Gasteiger partial charge in [-0.3, -0.25) is 0 Å². The summed E-state index contributed by atoms with van der Waals surface area (Å²) in [4.78, 5) is 5.84. The minimum absolute atomic E-state index is 0.291. The number of hydrogen-bond acceptors (Lipinski definition) is 3. The topological polar surface area (TPSA) is 29.9 Å². The van der Waals surface area contributed by atoms with Gasteiger partial charge in [-0.15, -0.1) is 11.8 Å². The predicted octanol–water partition coefficient (Wildman–Crippen LogP) is 3.56. The molecule has 108 valence electrons. The standard InChI is InChI=1S/C16H23N3S/c1-4-9-17-14(16-18-10-11-19(16)3)12-20-15-8-6-5-7-13(15)2/h5-8,10-11,14,17H,4,9,12H2,1-3H3. The molecular weight excluding hydrogens is 266 g/mol. The van der Waals surface area contributed by atoms with E-state index in [9.17, 15) is 0 Å². The van der Waals surface area contributed by atoms with Gasteiger partial charge in [0.15, 0.2) is 0 Å². The lowest BCUT2D eigenvalue weighted by Crippen LogP contribution is -2.26. The van der Waals surface area contributed by atoms with Gasteiger partial charge in [0.05, 0.1) is 6.04 Å². The molecule has 20 heavy (non-hydrogen) atoms. The highest BCUT2D eigenvalue weighted by Crippen LogP contribution is 2.26. The monoisotopic (exact) mass is 289 g/mol. The number of thioether (sulfide) groups is 1. The number of nitrogens with one attached hydrogen (secondary N) is 1. The molecule has 0 aliphatic carbocycles. The molecule has 0 bridgehead atoms. The van der Waals surface area contributed by atoms with Gasteiger partial charge < -0.3 is 9.88 Å². The average molecular weight is 289 g/mol. The van der Waals surface area contributed by atoms with Crippen molar-refractivity contribution in [2.75, 3.05) is 12.3 Å². The van der Waals surface area contributed by atoms with E-state index >= 15 is 0 Å². The van der Waals surface area contributed by atoms with Crippen molar-refractivity contribution in [1.82, 2.24) is 14.9 Å². The van der Waals surface area contributed by atoms with Gasteiger partial charge in [0.25, 0.3) is 0 Å². The van der Waals surface area contributed by atoms with Gasteiger partial charge >= 0.3 is 0 Å². The van der Waals surface area contributed by atoms with E-state index in [4.69, 9.17) is 0 Å². The number of aromatic nitrogens is 2. The van der Waals surface area contributed by atoms with Gasteiger partial charge in [-0.25, -0.2) is 4.98 Å². The van der Waals surface area contributed by atoms with Gasteiger partial charge in [0.2, 0.25) is 0 Å². The van der Waals surface area contributed by atoms with Crippen LogP contribution in [0.3, 0.4) is 0 Å². The highest BCUT2D eigenvalue weighted by Gasteiger charge is 2.15. The Labute approximate surface area is 125 Å². The Bertz CT molecular complexity index is 536. The first-order chi connectivity index (χ1) is 9.72. The highest BCUT2D eigenvalue weighted by atomic mass is 32.2. The Morgan fingerprint density at radius 2 is 2.15 bits per heavy atom. The van der Waals surface area contributed by atoms with Crippen molar-refractivity contribution >= 4 is 11.8 Å². The van der Waals surface area contributed by atoms with Crippen molar-refractivity contribution in [3.63, 3.8) is 0 Å². The molecule has 1 atom stereocenters. The zero-order valence-corrected chi connectivity index (χ0v) is 13.3. The Hall–Kier alpha value is -1.26. The molecule has 1 aromatic heterocycles. The first-order valence-electron chi connectivity index (χ1n) is 7.11. The molecule has 2 aromatic rings. The molecular formula is C16H23N3S. The Morgan fingerprint density at radius 3 is 2.80 bits per heavy atom. The summed E-state index contributed by atoms with van der Waals surface area (Å²) in [7, 11) is 2.06. The molecule has 1 aromatic carbocycles. The number of rotatable bonds is 7. The van der Waals surface area contributed by atoms with E-state index in [2.05, 4.69) is 60.0 Å². The number of benzene rings is 1. The average Bonchev–Trinajstić information content (AvgIpc) is 2.87. The summed E-state index contributed by atoms with van der Waals surface area (Å²) in [6, 6.07) is 8.84. The zero-order valence-electron chi connectivity index (χ0n) is 12.5. The lowest BCUT2D eigenvalue weighted by Gasteiger charge is -2.18. The summed E-state index contributed by atoms with van der Waals surface area (Å²) in [5.41, 5.74) is 1.34. The number of aryl methyl sites for hydroxylation is 2. The van der Waals surface area contributed by atoms with E-state index in [1.165, 1.54) is 10.5 Å². The van der Waals surface area contributed by atoms with Crippen LogP contribution >= 0.6 is 11.8 Å². The van der Waals surface area contributed by atoms with Crippen LogP contribution in [0.25, 0.3) is 0 Å². The van der Waals surface area contributed by atoms with E-state index < -0.39 is 0 Å².